The van der Waals surface area contributed by atoms with E-state index in [0.717, 1.165) is 46.7 Å². The lowest BCUT2D eigenvalue weighted by Crippen LogP contribution is -2.52. The summed E-state index contributed by atoms with van der Waals surface area (Å²) in [4.78, 5) is 29.0. The first-order valence-corrected chi connectivity index (χ1v) is 15.4. The number of benzene rings is 3. The molecule has 4 rings (SSSR count). The van der Waals surface area contributed by atoms with Gasteiger partial charge in [0.1, 0.15) is 18.3 Å². The highest BCUT2D eigenvalue weighted by atomic mass is 32.2. The highest BCUT2D eigenvalue weighted by Crippen LogP contribution is 2.28. The minimum atomic E-state index is -4.14. The molecule has 1 fully saturated rings. The van der Waals surface area contributed by atoms with Crippen LogP contribution in [0.5, 0.6) is 5.75 Å². The number of rotatable bonds is 11. The van der Waals surface area contributed by atoms with Crippen LogP contribution in [0.4, 0.5) is 5.69 Å². The molecule has 0 bridgehead atoms. The Bertz CT molecular complexity index is 1470. The first-order valence-electron chi connectivity index (χ1n) is 14.0. The molecule has 3 aromatic carbocycles. The summed E-state index contributed by atoms with van der Waals surface area (Å²) in [6.07, 6.45) is 3.97. The van der Waals surface area contributed by atoms with Crippen LogP contribution in [0.1, 0.15) is 49.3 Å². The second kappa shape index (κ2) is 13.2. The maximum atomic E-state index is 14.1. The number of nitrogens with one attached hydrogen (secondary N) is 1. The van der Waals surface area contributed by atoms with Gasteiger partial charge in [0.25, 0.3) is 10.0 Å². The van der Waals surface area contributed by atoms with E-state index in [1.807, 2.05) is 38.1 Å². The van der Waals surface area contributed by atoms with Crippen molar-refractivity contribution in [3.8, 4) is 5.75 Å². The smallest absolute Gasteiger partial charge is 0.264 e. The summed E-state index contributed by atoms with van der Waals surface area (Å²) < 4.78 is 34.4. The van der Waals surface area contributed by atoms with Crippen molar-refractivity contribution in [1.29, 1.82) is 0 Å². The molecule has 1 N–H and O–H groups in total. The van der Waals surface area contributed by atoms with Crippen molar-refractivity contribution in [2.75, 3.05) is 18.0 Å². The van der Waals surface area contributed by atoms with E-state index in [1.54, 1.807) is 43.3 Å². The van der Waals surface area contributed by atoms with Gasteiger partial charge in [-0.15, -0.1) is 0 Å². The molecule has 1 atom stereocenters. The van der Waals surface area contributed by atoms with Crippen LogP contribution in [0.15, 0.2) is 77.7 Å². The standard InChI is InChI=1S/C32H39N3O5S/c1-23-15-17-30(18-16-23)41(38,39)35(28-13-8-14-29(20-28)40-4)22-31(36)34(21-26-10-7-9-24(2)19-26)25(3)32(37)33-27-11-5-6-12-27/h7-10,13-20,25,27H,5-6,11-12,21-22H2,1-4H3,(H,33,37)/t25-/m1/s1. The maximum absolute atomic E-state index is 14.1. The Morgan fingerprint density at radius 1 is 0.951 bits per heavy atom. The highest BCUT2D eigenvalue weighted by Gasteiger charge is 2.33. The summed E-state index contributed by atoms with van der Waals surface area (Å²) >= 11 is 0. The van der Waals surface area contributed by atoms with Gasteiger partial charge in [-0.25, -0.2) is 8.42 Å². The van der Waals surface area contributed by atoms with Crippen molar-refractivity contribution in [1.82, 2.24) is 10.2 Å². The highest BCUT2D eigenvalue weighted by molar-refractivity contribution is 7.92. The largest absolute Gasteiger partial charge is 0.497 e. The van der Waals surface area contributed by atoms with E-state index in [-0.39, 0.29) is 29.1 Å². The van der Waals surface area contributed by atoms with E-state index in [2.05, 4.69) is 5.32 Å². The van der Waals surface area contributed by atoms with Crippen LogP contribution < -0.4 is 14.4 Å². The second-order valence-electron chi connectivity index (χ2n) is 10.7. The third kappa shape index (κ3) is 7.47. The van der Waals surface area contributed by atoms with Gasteiger partial charge in [-0.2, -0.15) is 0 Å². The first-order chi connectivity index (χ1) is 19.6. The van der Waals surface area contributed by atoms with Crippen molar-refractivity contribution in [3.63, 3.8) is 0 Å². The van der Waals surface area contributed by atoms with Gasteiger partial charge in [-0.1, -0.05) is 66.4 Å². The zero-order chi connectivity index (χ0) is 29.6. The van der Waals surface area contributed by atoms with E-state index in [4.69, 9.17) is 4.74 Å². The van der Waals surface area contributed by atoms with E-state index in [0.29, 0.717) is 5.75 Å². The van der Waals surface area contributed by atoms with Crippen LogP contribution in [-0.4, -0.2) is 50.9 Å². The Morgan fingerprint density at radius 2 is 1.63 bits per heavy atom. The Morgan fingerprint density at radius 3 is 2.29 bits per heavy atom. The predicted molar refractivity (Wildman–Crippen MR) is 160 cm³/mol. The summed E-state index contributed by atoms with van der Waals surface area (Å²) in [5, 5.41) is 3.09. The minimum Gasteiger partial charge on any atom is -0.497 e. The fourth-order valence-electron chi connectivity index (χ4n) is 5.11. The number of aryl methyl sites for hydroxylation is 2. The molecule has 9 heteroatoms. The van der Waals surface area contributed by atoms with E-state index >= 15 is 0 Å². The molecule has 0 heterocycles. The number of ether oxygens (including phenoxy) is 1. The number of carbonyl (C=O) groups excluding carboxylic acids is 2. The van der Waals surface area contributed by atoms with Gasteiger partial charge in [0, 0.05) is 18.7 Å². The molecule has 0 radical (unpaired) electrons. The molecule has 218 valence electrons. The Labute approximate surface area is 243 Å². The number of amides is 2. The average molecular weight is 578 g/mol. The molecule has 1 aliphatic rings. The number of nitrogens with zero attached hydrogens (tertiary/aromatic N) is 2. The van der Waals surface area contributed by atoms with Crippen LogP contribution >= 0.6 is 0 Å². The normalized spacial score (nSPS) is 14.3. The quantitative estimate of drug-likeness (QED) is 0.347. The van der Waals surface area contributed by atoms with Gasteiger partial charge in [0.05, 0.1) is 17.7 Å². The Hall–Kier alpha value is -3.85. The molecule has 0 aliphatic heterocycles. The molecular weight excluding hydrogens is 538 g/mol. The average Bonchev–Trinajstić information content (AvgIpc) is 3.47. The van der Waals surface area contributed by atoms with Crippen molar-refractivity contribution in [2.45, 2.75) is 70.0 Å². The van der Waals surface area contributed by atoms with Crippen molar-refractivity contribution < 1.29 is 22.7 Å². The monoisotopic (exact) mass is 577 g/mol. The van der Waals surface area contributed by atoms with Gasteiger partial charge in [-0.05, 0) is 63.4 Å². The lowest BCUT2D eigenvalue weighted by molar-refractivity contribution is -0.139. The van der Waals surface area contributed by atoms with Gasteiger partial charge in [0.2, 0.25) is 11.8 Å². The maximum Gasteiger partial charge on any atom is 0.264 e. The van der Waals surface area contributed by atoms with Gasteiger partial charge >= 0.3 is 0 Å². The minimum absolute atomic E-state index is 0.0657. The third-order valence-electron chi connectivity index (χ3n) is 7.53. The summed E-state index contributed by atoms with van der Waals surface area (Å²) in [5.74, 6) is -0.272. The van der Waals surface area contributed by atoms with Crippen LogP contribution in [0.25, 0.3) is 0 Å². The third-order valence-corrected chi connectivity index (χ3v) is 9.32. The SMILES string of the molecule is COc1cccc(N(CC(=O)N(Cc2cccc(C)c2)[C@H](C)C(=O)NC2CCCC2)S(=O)(=O)c2ccc(C)cc2)c1. The van der Waals surface area contributed by atoms with Crippen molar-refractivity contribution >= 4 is 27.5 Å². The molecule has 8 nitrogen and oxygen atoms in total. The molecule has 3 aromatic rings. The van der Waals surface area contributed by atoms with Gasteiger partial charge < -0.3 is 15.0 Å². The molecule has 41 heavy (non-hydrogen) atoms. The number of sulfonamides is 1. The predicted octanol–water partition coefficient (Wildman–Crippen LogP) is 4.98. The molecular formula is C32H39N3O5S. The molecule has 1 saturated carbocycles. The van der Waals surface area contributed by atoms with Crippen LogP contribution in [0.2, 0.25) is 0 Å². The molecule has 0 spiro atoms. The summed E-state index contributed by atoms with van der Waals surface area (Å²) in [6, 6.07) is 20.1. The van der Waals surface area contributed by atoms with Gasteiger partial charge in [0.15, 0.2) is 0 Å². The van der Waals surface area contributed by atoms with Crippen LogP contribution in [0.3, 0.4) is 0 Å². The topological polar surface area (TPSA) is 96.0 Å². The van der Waals surface area contributed by atoms with E-state index in [1.165, 1.54) is 24.1 Å². The van der Waals surface area contributed by atoms with E-state index < -0.39 is 28.5 Å². The molecule has 1 aliphatic carbocycles. The van der Waals surface area contributed by atoms with Crippen LogP contribution in [0, 0.1) is 13.8 Å². The zero-order valence-corrected chi connectivity index (χ0v) is 25.0. The summed E-state index contributed by atoms with van der Waals surface area (Å²) in [7, 11) is -2.64. The number of carbonyl (C=O) groups is 2. The summed E-state index contributed by atoms with van der Waals surface area (Å²) in [6.45, 7) is 5.21. The lowest BCUT2D eigenvalue weighted by Gasteiger charge is -2.32. The Balaban J connectivity index is 1.70. The van der Waals surface area contributed by atoms with E-state index in [9.17, 15) is 18.0 Å². The van der Waals surface area contributed by atoms with Gasteiger partial charge in [-0.3, -0.25) is 13.9 Å². The molecule has 0 unspecified atom stereocenters. The second-order valence-corrected chi connectivity index (χ2v) is 12.6. The lowest BCUT2D eigenvalue weighted by atomic mass is 10.1. The summed E-state index contributed by atoms with van der Waals surface area (Å²) in [5.41, 5.74) is 3.09. The number of hydrogen-bond acceptors (Lipinski definition) is 5. The zero-order valence-electron chi connectivity index (χ0n) is 24.2. The fourth-order valence-corrected chi connectivity index (χ4v) is 6.52. The number of methoxy groups -OCH3 is 1. The first kappa shape index (κ1) is 30.1. The number of hydrogen-bond donors (Lipinski definition) is 1. The Kier molecular flexibility index (Phi) is 9.70. The molecule has 0 aromatic heterocycles. The molecule has 0 saturated heterocycles. The fraction of sp³-hybridized carbons (Fsp3) is 0.375. The molecule has 2 amide bonds. The van der Waals surface area contributed by atoms with Crippen molar-refractivity contribution in [3.05, 3.63) is 89.5 Å². The van der Waals surface area contributed by atoms with Crippen molar-refractivity contribution in [2.24, 2.45) is 0 Å². The number of anilines is 1. The van der Waals surface area contributed by atoms with Crippen LogP contribution in [-0.2, 0) is 26.2 Å².